The van der Waals surface area contributed by atoms with Gasteiger partial charge in [0.15, 0.2) is 9.84 Å². The first-order valence-electron chi connectivity index (χ1n) is 8.99. The van der Waals surface area contributed by atoms with Crippen LogP contribution >= 0.6 is 0 Å². The Hall–Kier alpha value is -2.48. The number of nitrogens with zero attached hydrogens (tertiary/aromatic N) is 4. The van der Waals surface area contributed by atoms with E-state index in [1.54, 1.807) is 29.1 Å². The maximum absolute atomic E-state index is 12.9. The Morgan fingerprint density at radius 1 is 1.22 bits per heavy atom. The zero-order valence-corrected chi connectivity index (χ0v) is 16.4. The van der Waals surface area contributed by atoms with Gasteiger partial charge in [-0.3, -0.25) is 4.79 Å². The standard InChI is InChI=1S/C19H24N4O3S/c1-3-23(13-15-7-5-4-6-8-15)18(24)17-9-11-20-19(21-17)22(2)16-10-12-27(25,26)14-16/h4-9,11,16H,3,10,12-14H2,1-2H3. The first kappa shape index (κ1) is 19.3. The molecule has 144 valence electrons. The molecule has 1 unspecified atom stereocenters. The third kappa shape index (κ3) is 4.63. The van der Waals surface area contributed by atoms with Crippen LogP contribution in [0.5, 0.6) is 0 Å². The third-order valence-electron chi connectivity index (χ3n) is 4.82. The molecule has 1 saturated heterocycles. The van der Waals surface area contributed by atoms with Crippen LogP contribution in [0, 0.1) is 0 Å². The van der Waals surface area contributed by atoms with Gasteiger partial charge in [0, 0.05) is 32.4 Å². The number of rotatable bonds is 6. The van der Waals surface area contributed by atoms with Gasteiger partial charge in [-0.2, -0.15) is 0 Å². The second-order valence-corrected chi connectivity index (χ2v) is 8.94. The number of anilines is 1. The molecule has 0 aliphatic carbocycles. The molecule has 2 aromatic rings. The van der Waals surface area contributed by atoms with Crippen LogP contribution in [0.4, 0.5) is 5.95 Å². The molecule has 27 heavy (non-hydrogen) atoms. The summed E-state index contributed by atoms with van der Waals surface area (Å²) in [5.41, 5.74) is 1.36. The van der Waals surface area contributed by atoms with Crippen LogP contribution in [0.15, 0.2) is 42.6 Å². The van der Waals surface area contributed by atoms with Gasteiger partial charge in [0.2, 0.25) is 5.95 Å². The van der Waals surface area contributed by atoms with E-state index in [9.17, 15) is 13.2 Å². The van der Waals surface area contributed by atoms with Gasteiger partial charge >= 0.3 is 0 Å². The highest BCUT2D eigenvalue weighted by molar-refractivity contribution is 7.91. The molecule has 1 atom stereocenters. The number of carbonyl (C=O) groups is 1. The van der Waals surface area contributed by atoms with E-state index in [4.69, 9.17) is 0 Å². The molecule has 0 spiro atoms. The zero-order valence-electron chi connectivity index (χ0n) is 15.6. The van der Waals surface area contributed by atoms with Crippen molar-refractivity contribution in [3.8, 4) is 0 Å². The van der Waals surface area contributed by atoms with Crippen LogP contribution in [-0.2, 0) is 16.4 Å². The van der Waals surface area contributed by atoms with E-state index in [1.807, 2.05) is 37.3 Å². The fourth-order valence-electron chi connectivity index (χ4n) is 3.17. The molecule has 0 saturated carbocycles. The van der Waals surface area contributed by atoms with Crippen LogP contribution in [0.1, 0.15) is 29.4 Å². The van der Waals surface area contributed by atoms with Crippen LogP contribution in [0.25, 0.3) is 0 Å². The summed E-state index contributed by atoms with van der Waals surface area (Å²) in [5.74, 6) is 0.484. The first-order valence-corrected chi connectivity index (χ1v) is 10.8. The second kappa shape index (κ2) is 8.04. The van der Waals surface area contributed by atoms with Crippen LogP contribution in [0.2, 0.25) is 0 Å². The van der Waals surface area contributed by atoms with E-state index in [0.717, 1.165) is 5.56 Å². The lowest BCUT2D eigenvalue weighted by Crippen LogP contribution is -2.35. The van der Waals surface area contributed by atoms with Crippen molar-refractivity contribution in [1.82, 2.24) is 14.9 Å². The zero-order chi connectivity index (χ0) is 19.4. The maximum atomic E-state index is 12.9. The number of sulfone groups is 1. The number of benzene rings is 1. The topological polar surface area (TPSA) is 83.5 Å². The number of amides is 1. The SMILES string of the molecule is CCN(Cc1ccccc1)C(=O)c1ccnc(N(C)C2CCS(=O)(=O)C2)n1. The molecule has 2 heterocycles. The summed E-state index contributed by atoms with van der Waals surface area (Å²) in [7, 11) is -1.22. The highest BCUT2D eigenvalue weighted by Gasteiger charge is 2.32. The van der Waals surface area contributed by atoms with Gasteiger partial charge < -0.3 is 9.80 Å². The predicted octanol–water partition coefficient (Wildman–Crippen LogP) is 1.76. The van der Waals surface area contributed by atoms with Gasteiger partial charge in [-0.15, -0.1) is 0 Å². The summed E-state index contributed by atoms with van der Waals surface area (Å²) in [6, 6.07) is 11.2. The Kier molecular flexibility index (Phi) is 5.74. The summed E-state index contributed by atoms with van der Waals surface area (Å²) >= 11 is 0. The van der Waals surface area contributed by atoms with Crippen LogP contribution in [0.3, 0.4) is 0 Å². The second-order valence-electron chi connectivity index (χ2n) is 6.71. The molecular weight excluding hydrogens is 364 g/mol. The Bertz CT molecular complexity index is 902. The summed E-state index contributed by atoms with van der Waals surface area (Å²) in [5, 5.41) is 0. The lowest BCUT2D eigenvalue weighted by molar-refractivity contribution is 0.0746. The molecule has 1 aromatic heterocycles. The van der Waals surface area contributed by atoms with E-state index < -0.39 is 9.84 Å². The van der Waals surface area contributed by atoms with Crippen LogP contribution in [-0.4, -0.2) is 60.3 Å². The molecular formula is C19H24N4O3S. The third-order valence-corrected chi connectivity index (χ3v) is 6.57. The maximum Gasteiger partial charge on any atom is 0.272 e. The summed E-state index contributed by atoms with van der Waals surface area (Å²) < 4.78 is 23.5. The lowest BCUT2D eigenvalue weighted by atomic mass is 10.2. The van der Waals surface area contributed by atoms with Gasteiger partial charge in [0.1, 0.15) is 5.69 Å². The molecule has 8 heteroatoms. The van der Waals surface area contributed by atoms with Crippen molar-refractivity contribution in [1.29, 1.82) is 0 Å². The minimum absolute atomic E-state index is 0.0973. The lowest BCUT2D eigenvalue weighted by Gasteiger charge is -2.24. The van der Waals surface area contributed by atoms with Crippen molar-refractivity contribution in [3.63, 3.8) is 0 Å². The Balaban J connectivity index is 1.76. The van der Waals surface area contributed by atoms with E-state index >= 15 is 0 Å². The van der Waals surface area contributed by atoms with E-state index in [2.05, 4.69) is 9.97 Å². The fourth-order valence-corrected chi connectivity index (χ4v) is 4.95. The summed E-state index contributed by atoms with van der Waals surface area (Å²) in [6.07, 6.45) is 2.10. The molecule has 0 N–H and O–H groups in total. The average molecular weight is 388 g/mol. The monoisotopic (exact) mass is 388 g/mol. The first-order chi connectivity index (χ1) is 12.9. The number of hydrogen-bond donors (Lipinski definition) is 0. The van der Waals surface area contributed by atoms with Crippen molar-refractivity contribution in [2.75, 3.05) is 30.0 Å². The largest absolute Gasteiger partial charge is 0.340 e. The number of hydrogen-bond acceptors (Lipinski definition) is 6. The van der Waals surface area contributed by atoms with Gasteiger partial charge in [-0.1, -0.05) is 30.3 Å². The summed E-state index contributed by atoms with van der Waals surface area (Å²) in [4.78, 5) is 25.0. The van der Waals surface area contributed by atoms with E-state index in [0.29, 0.717) is 31.2 Å². The quantitative estimate of drug-likeness (QED) is 0.750. The van der Waals surface area contributed by atoms with Gasteiger partial charge in [-0.25, -0.2) is 18.4 Å². The normalized spacial score (nSPS) is 18.2. The van der Waals surface area contributed by atoms with Crippen molar-refractivity contribution >= 4 is 21.7 Å². The predicted molar refractivity (Wildman–Crippen MR) is 104 cm³/mol. The van der Waals surface area contributed by atoms with Gasteiger partial charge in [0.25, 0.3) is 5.91 Å². The van der Waals surface area contributed by atoms with Crippen molar-refractivity contribution in [2.45, 2.75) is 25.9 Å². The molecule has 1 aliphatic heterocycles. The molecule has 0 radical (unpaired) electrons. The fraction of sp³-hybridized carbons (Fsp3) is 0.421. The minimum Gasteiger partial charge on any atom is -0.340 e. The van der Waals surface area contributed by atoms with Gasteiger partial charge in [0.05, 0.1) is 11.5 Å². The van der Waals surface area contributed by atoms with Crippen molar-refractivity contribution < 1.29 is 13.2 Å². The number of carbonyl (C=O) groups excluding carboxylic acids is 1. The number of aromatic nitrogens is 2. The van der Waals surface area contributed by atoms with Crippen molar-refractivity contribution in [3.05, 3.63) is 53.9 Å². The Morgan fingerprint density at radius 2 is 1.96 bits per heavy atom. The average Bonchev–Trinajstić information content (AvgIpc) is 3.05. The minimum atomic E-state index is -3.00. The smallest absolute Gasteiger partial charge is 0.272 e. The molecule has 7 nitrogen and oxygen atoms in total. The molecule has 1 fully saturated rings. The van der Waals surface area contributed by atoms with Crippen molar-refractivity contribution in [2.24, 2.45) is 0 Å². The highest BCUT2D eigenvalue weighted by Crippen LogP contribution is 2.20. The molecule has 1 aromatic carbocycles. The molecule has 1 amide bonds. The molecule has 1 aliphatic rings. The summed E-state index contributed by atoms with van der Waals surface area (Å²) in [6.45, 7) is 2.99. The van der Waals surface area contributed by atoms with Crippen LogP contribution < -0.4 is 4.90 Å². The molecule has 0 bridgehead atoms. The van der Waals surface area contributed by atoms with E-state index in [1.165, 1.54) is 0 Å². The Morgan fingerprint density at radius 3 is 2.59 bits per heavy atom. The van der Waals surface area contributed by atoms with Gasteiger partial charge in [-0.05, 0) is 25.0 Å². The molecule has 3 rings (SSSR count). The Labute approximate surface area is 160 Å². The highest BCUT2D eigenvalue weighted by atomic mass is 32.2. The van der Waals surface area contributed by atoms with E-state index in [-0.39, 0.29) is 23.5 Å².